The van der Waals surface area contributed by atoms with Crippen LogP contribution in [0.15, 0.2) is 66.9 Å². The van der Waals surface area contributed by atoms with Gasteiger partial charge in [0.15, 0.2) is 5.60 Å². The maximum atomic E-state index is 6.13. The molecule has 1 aromatic heterocycles. The molecule has 2 aromatic carbocycles. The molecule has 1 aliphatic rings. The third-order valence-electron chi connectivity index (χ3n) is 3.98. The molecular weight excluding hydrogens is 260 g/mol. The Kier molecular flexibility index (Phi) is 2.61. The van der Waals surface area contributed by atoms with Crippen molar-refractivity contribution in [3.8, 4) is 17.3 Å². The molecule has 0 fully saturated rings. The van der Waals surface area contributed by atoms with Crippen molar-refractivity contribution in [2.45, 2.75) is 19.1 Å². The van der Waals surface area contributed by atoms with Crippen LogP contribution in [-0.4, -0.2) is 9.55 Å². The number of hydrogen-bond donors (Lipinski definition) is 0. The van der Waals surface area contributed by atoms with Gasteiger partial charge in [-0.1, -0.05) is 60.7 Å². The summed E-state index contributed by atoms with van der Waals surface area (Å²) in [5.74, 6) is 0. The molecule has 0 saturated carbocycles. The van der Waals surface area contributed by atoms with Crippen molar-refractivity contribution in [3.63, 3.8) is 0 Å². The van der Waals surface area contributed by atoms with Gasteiger partial charge in [0.2, 0.25) is 0 Å². The Morgan fingerprint density at radius 2 is 1.67 bits per heavy atom. The second kappa shape index (κ2) is 4.48. The van der Waals surface area contributed by atoms with E-state index in [2.05, 4.69) is 46.9 Å². The first-order valence-corrected chi connectivity index (χ1v) is 7.12. The summed E-state index contributed by atoms with van der Waals surface area (Å²) in [6.07, 6.45) is 2.07. The highest BCUT2D eigenvalue weighted by Crippen LogP contribution is 2.37. The van der Waals surface area contributed by atoms with Crippen LogP contribution in [0.1, 0.15) is 12.5 Å². The van der Waals surface area contributed by atoms with Gasteiger partial charge in [0.25, 0.3) is 6.01 Å². The molecule has 1 aliphatic heterocycles. The molecule has 3 nitrogen and oxygen atoms in total. The first-order valence-electron chi connectivity index (χ1n) is 7.12. The van der Waals surface area contributed by atoms with E-state index in [1.807, 2.05) is 36.4 Å². The van der Waals surface area contributed by atoms with Gasteiger partial charge in [0.1, 0.15) is 0 Å². The lowest BCUT2D eigenvalue weighted by atomic mass is 9.96. The Labute approximate surface area is 123 Å². The summed E-state index contributed by atoms with van der Waals surface area (Å²) >= 11 is 0. The molecule has 0 spiro atoms. The van der Waals surface area contributed by atoms with E-state index in [9.17, 15) is 0 Å². The van der Waals surface area contributed by atoms with E-state index < -0.39 is 0 Å². The first kappa shape index (κ1) is 12.2. The van der Waals surface area contributed by atoms with Crippen molar-refractivity contribution in [1.29, 1.82) is 0 Å². The molecule has 1 atom stereocenters. The van der Waals surface area contributed by atoms with Gasteiger partial charge in [-0.05, 0) is 12.5 Å². The van der Waals surface area contributed by atoms with E-state index in [1.165, 1.54) is 5.56 Å². The number of fused-ring (bicyclic) bond motifs is 1. The molecular formula is C18H16N2O. The number of nitrogens with zero attached hydrogens (tertiary/aromatic N) is 2. The van der Waals surface area contributed by atoms with Crippen molar-refractivity contribution >= 4 is 0 Å². The van der Waals surface area contributed by atoms with E-state index >= 15 is 0 Å². The second-order valence-electron chi connectivity index (χ2n) is 5.60. The Morgan fingerprint density at radius 1 is 1.00 bits per heavy atom. The van der Waals surface area contributed by atoms with Crippen LogP contribution < -0.4 is 4.74 Å². The third-order valence-corrected chi connectivity index (χ3v) is 3.98. The highest BCUT2D eigenvalue weighted by molar-refractivity contribution is 5.59. The molecule has 0 bridgehead atoms. The third kappa shape index (κ3) is 2.02. The topological polar surface area (TPSA) is 27.1 Å². The van der Waals surface area contributed by atoms with Crippen LogP contribution >= 0.6 is 0 Å². The molecule has 0 N–H and O–H groups in total. The predicted octanol–water partition coefficient (Wildman–Crippen LogP) is 3.86. The van der Waals surface area contributed by atoms with Gasteiger partial charge in [-0.25, -0.2) is 0 Å². The molecule has 104 valence electrons. The van der Waals surface area contributed by atoms with E-state index in [4.69, 9.17) is 4.74 Å². The van der Waals surface area contributed by atoms with E-state index in [-0.39, 0.29) is 5.60 Å². The second-order valence-corrected chi connectivity index (χ2v) is 5.60. The zero-order valence-corrected chi connectivity index (χ0v) is 11.9. The SMILES string of the molecule is CC1(c2ccccc2)Cn2cc(-c3ccccc3)nc2O1. The van der Waals surface area contributed by atoms with Gasteiger partial charge >= 0.3 is 0 Å². The van der Waals surface area contributed by atoms with Gasteiger partial charge in [-0.3, -0.25) is 4.57 Å². The molecule has 2 heterocycles. The fraction of sp³-hybridized carbons (Fsp3) is 0.167. The summed E-state index contributed by atoms with van der Waals surface area (Å²) < 4.78 is 8.23. The number of hydrogen-bond acceptors (Lipinski definition) is 2. The molecule has 0 radical (unpaired) electrons. The standard InChI is InChI=1S/C18H16N2O/c1-18(15-10-6-3-7-11-15)13-20-12-16(19-17(20)21-18)14-8-4-2-5-9-14/h2-12H,13H2,1H3. The summed E-state index contributed by atoms with van der Waals surface area (Å²) in [7, 11) is 0. The lowest BCUT2D eigenvalue weighted by Crippen LogP contribution is -2.28. The summed E-state index contributed by atoms with van der Waals surface area (Å²) in [4.78, 5) is 4.62. The molecule has 4 rings (SSSR count). The quantitative estimate of drug-likeness (QED) is 0.710. The minimum atomic E-state index is -0.335. The van der Waals surface area contributed by atoms with Crippen molar-refractivity contribution in [1.82, 2.24) is 9.55 Å². The van der Waals surface area contributed by atoms with Crippen LogP contribution in [0.2, 0.25) is 0 Å². The number of rotatable bonds is 2. The summed E-state index contributed by atoms with van der Waals surface area (Å²) in [5, 5.41) is 0. The largest absolute Gasteiger partial charge is 0.452 e. The number of imidazole rings is 1. The Morgan fingerprint density at radius 3 is 2.33 bits per heavy atom. The zero-order chi connectivity index (χ0) is 14.3. The average molecular weight is 276 g/mol. The average Bonchev–Trinajstić information content (AvgIpc) is 3.05. The lowest BCUT2D eigenvalue weighted by molar-refractivity contribution is 0.108. The zero-order valence-electron chi connectivity index (χ0n) is 11.9. The van der Waals surface area contributed by atoms with Gasteiger partial charge in [-0.15, -0.1) is 0 Å². The van der Waals surface area contributed by atoms with Gasteiger partial charge < -0.3 is 4.74 Å². The van der Waals surface area contributed by atoms with Crippen LogP contribution in [-0.2, 0) is 12.1 Å². The van der Waals surface area contributed by atoms with Crippen LogP contribution in [0.25, 0.3) is 11.3 Å². The Bertz CT molecular complexity index is 739. The summed E-state index contributed by atoms with van der Waals surface area (Å²) in [6.45, 7) is 2.89. The minimum Gasteiger partial charge on any atom is -0.452 e. The van der Waals surface area contributed by atoms with E-state index in [1.54, 1.807) is 0 Å². The molecule has 0 aliphatic carbocycles. The molecule has 21 heavy (non-hydrogen) atoms. The predicted molar refractivity (Wildman–Crippen MR) is 82.1 cm³/mol. The normalized spacial score (nSPS) is 20.0. The smallest absolute Gasteiger partial charge is 0.297 e. The summed E-state index contributed by atoms with van der Waals surface area (Å²) in [5.41, 5.74) is 2.92. The molecule has 3 heteroatoms. The number of benzene rings is 2. The van der Waals surface area contributed by atoms with Crippen LogP contribution in [0, 0.1) is 0 Å². The van der Waals surface area contributed by atoms with E-state index in [0.29, 0.717) is 6.01 Å². The highest BCUT2D eigenvalue weighted by Gasteiger charge is 2.37. The Hall–Kier alpha value is -2.55. The van der Waals surface area contributed by atoms with Crippen molar-refractivity contribution in [2.24, 2.45) is 0 Å². The van der Waals surface area contributed by atoms with Gasteiger partial charge in [-0.2, -0.15) is 4.98 Å². The fourth-order valence-electron chi connectivity index (χ4n) is 2.84. The molecule has 3 aromatic rings. The lowest BCUT2D eigenvalue weighted by Gasteiger charge is -2.23. The van der Waals surface area contributed by atoms with Crippen LogP contribution in [0.4, 0.5) is 0 Å². The Balaban J connectivity index is 1.66. The molecule has 0 saturated heterocycles. The fourth-order valence-corrected chi connectivity index (χ4v) is 2.84. The monoisotopic (exact) mass is 276 g/mol. The van der Waals surface area contributed by atoms with Crippen molar-refractivity contribution in [2.75, 3.05) is 0 Å². The molecule has 1 unspecified atom stereocenters. The van der Waals surface area contributed by atoms with Crippen LogP contribution in [0.5, 0.6) is 6.01 Å². The van der Waals surface area contributed by atoms with Gasteiger partial charge in [0, 0.05) is 11.8 Å². The maximum absolute atomic E-state index is 6.13. The highest BCUT2D eigenvalue weighted by atomic mass is 16.5. The maximum Gasteiger partial charge on any atom is 0.297 e. The van der Waals surface area contributed by atoms with Gasteiger partial charge in [0.05, 0.1) is 12.2 Å². The minimum absolute atomic E-state index is 0.335. The van der Waals surface area contributed by atoms with Crippen LogP contribution in [0.3, 0.4) is 0 Å². The first-order chi connectivity index (χ1) is 10.2. The van der Waals surface area contributed by atoms with Crippen molar-refractivity contribution in [3.05, 3.63) is 72.4 Å². The van der Waals surface area contributed by atoms with Crippen molar-refractivity contribution < 1.29 is 4.74 Å². The molecule has 0 amide bonds. The number of aromatic nitrogens is 2. The van der Waals surface area contributed by atoms with E-state index in [0.717, 1.165) is 17.8 Å². The number of ether oxygens (including phenoxy) is 1. The summed E-state index contributed by atoms with van der Waals surface area (Å²) in [6, 6.07) is 21.2.